The van der Waals surface area contributed by atoms with Crippen LogP contribution in [0.3, 0.4) is 0 Å². The third kappa shape index (κ3) is 3.49. The Labute approximate surface area is 213 Å². The zero-order valence-electron chi connectivity index (χ0n) is 20.5. The molecular weight excluding hydrogens is 458 g/mol. The first-order valence-electron chi connectivity index (χ1n) is 12.2. The Hall–Kier alpha value is -4.84. The standard InChI is InChI=1S/C31H23N5O/c1-19-22-14-15-27-31(30(22)24-10-6-7-11-26(24)32-19)23-13-12-21(37-2)16-25(23)29(33-27)18-36-17-28(34-35-36)20-8-4-3-5-9-20/h3-17H,18H2,1-2H3. The van der Waals surface area contributed by atoms with Gasteiger partial charge in [-0.3, -0.25) is 9.97 Å². The molecule has 0 aliphatic heterocycles. The van der Waals surface area contributed by atoms with Gasteiger partial charge in [0.25, 0.3) is 0 Å². The number of para-hydroxylation sites is 1. The number of fused-ring (bicyclic) bond motifs is 7. The molecule has 0 saturated carbocycles. The van der Waals surface area contributed by atoms with Crippen LogP contribution in [-0.4, -0.2) is 32.1 Å². The van der Waals surface area contributed by atoms with Crippen LogP contribution >= 0.6 is 0 Å². The van der Waals surface area contributed by atoms with Crippen molar-refractivity contribution in [3.8, 4) is 17.0 Å². The molecule has 0 saturated heterocycles. The summed E-state index contributed by atoms with van der Waals surface area (Å²) in [6.45, 7) is 2.57. The molecule has 0 aliphatic carbocycles. The Morgan fingerprint density at radius 1 is 0.730 bits per heavy atom. The van der Waals surface area contributed by atoms with E-state index >= 15 is 0 Å². The van der Waals surface area contributed by atoms with Crippen LogP contribution in [0.2, 0.25) is 0 Å². The van der Waals surface area contributed by atoms with Crippen molar-refractivity contribution < 1.29 is 4.74 Å². The average Bonchev–Trinajstić information content (AvgIpc) is 3.41. The maximum absolute atomic E-state index is 5.61. The van der Waals surface area contributed by atoms with Crippen LogP contribution in [0.1, 0.15) is 11.4 Å². The van der Waals surface area contributed by atoms with E-state index in [1.54, 1.807) is 7.11 Å². The summed E-state index contributed by atoms with van der Waals surface area (Å²) in [5.74, 6) is 0.793. The number of aryl methyl sites for hydroxylation is 1. The van der Waals surface area contributed by atoms with Gasteiger partial charge in [0.1, 0.15) is 11.4 Å². The Morgan fingerprint density at radius 2 is 1.54 bits per heavy atom. The predicted molar refractivity (Wildman–Crippen MR) is 148 cm³/mol. The van der Waals surface area contributed by atoms with Crippen molar-refractivity contribution in [3.05, 3.63) is 103 Å². The number of hydrogen-bond donors (Lipinski definition) is 0. The van der Waals surface area contributed by atoms with Crippen LogP contribution in [0, 0.1) is 6.92 Å². The van der Waals surface area contributed by atoms with E-state index in [0.29, 0.717) is 6.54 Å². The monoisotopic (exact) mass is 481 g/mol. The number of benzene rings is 4. The minimum atomic E-state index is 0.494. The van der Waals surface area contributed by atoms with Gasteiger partial charge in [-0.15, -0.1) is 5.10 Å². The molecule has 0 fully saturated rings. The molecule has 3 aromatic heterocycles. The summed E-state index contributed by atoms with van der Waals surface area (Å²) >= 11 is 0. The molecule has 0 unspecified atom stereocenters. The van der Waals surface area contributed by atoms with E-state index in [0.717, 1.165) is 66.4 Å². The van der Waals surface area contributed by atoms with Crippen molar-refractivity contribution in [2.45, 2.75) is 13.5 Å². The minimum absolute atomic E-state index is 0.494. The Morgan fingerprint density at radius 3 is 2.41 bits per heavy atom. The third-order valence-corrected chi connectivity index (χ3v) is 7.02. The topological polar surface area (TPSA) is 65.7 Å². The minimum Gasteiger partial charge on any atom is -0.497 e. The summed E-state index contributed by atoms with van der Waals surface area (Å²) < 4.78 is 7.45. The lowest BCUT2D eigenvalue weighted by atomic mass is 9.95. The van der Waals surface area contributed by atoms with E-state index in [9.17, 15) is 0 Å². The largest absolute Gasteiger partial charge is 0.497 e. The molecule has 178 valence electrons. The van der Waals surface area contributed by atoms with E-state index in [-0.39, 0.29) is 0 Å². The number of methoxy groups -OCH3 is 1. The maximum atomic E-state index is 5.61. The van der Waals surface area contributed by atoms with Gasteiger partial charge < -0.3 is 4.74 Å². The zero-order chi connectivity index (χ0) is 24.9. The fraction of sp³-hybridized carbons (Fsp3) is 0.0968. The molecule has 6 heteroatoms. The van der Waals surface area contributed by atoms with E-state index in [1.165, 1.54) is 5.39 Å². The van der Waals surface area contributed by atoms with Crippen LogP contribution in [-0.2, 0) is 6.54 Å². The number of nitrogens with zero attached hydrogens (tertiary/aromatic N) is 5. The van der Waals surface area contributed by atoms with Crippen LogP contribution in [0.5, 0.6) is 5.75 Å². The first-order valence-corrected chi connectivity index (χ1v) is 12.2. The highest BCUT2D eigenvalue weighted by Crippen LogP contribution is 2.38. The van der Waals surface area contributed by atoms with Crippen molar-refractivity contribution in [1.29, 1.82) is 0 Å². The summed E-state index contributed by atoms with van der Waals surface area (Å²) in [6, 6.07) is 28.9. The maximum Gasteiger partial charge on any atom is 0.119 e. The molecule has 0 N–H and O–H groups in total. The summed E-state index contributed by atoms with van der Waals surface area (Å²) in [6.07, 6.45) is 1.97. The zero-order valence-corrected chi connectivity index (χ0v) is 20.5. The normalized spacial score (nSPS) is 11.6. The highest BCUT2D eigenvalue weighted by atomic mass is 16.5. The van der Waals surface area contributed by atoms with Crippen LogP contribution < -0.4 is 4.74 Å². The number of aromatic nitrogens is 5. The lowest BCUT2D eigenvalue weighted by Crippen LogP contribution is -2.04. The average molecular weight is 482 g/mol. The van der Waals surface area contributed by atoms with Crippen molar-refractivity contribution in [3.63, 3.8) is 0 Å². The third-order valence-electron chi connectivity index (χ3n) is 7.02. The molecule has 6 nitrogen and oxygen atoms in total. The smallest absolute Gasteiger partial charge is 0.119 e. The van der Waals surface area contributed by atoms with Gasteiger partial charge >= 0.3 is 0 Å². The number of pyridine rings is 2. The quantitative estimate of drug-likeness (QED) is 0.261. The van der Waals surface area contributed by atoms with Crippen molar-refractivity contribution in [2.24, 2.45) is 0 Å². The summed E-state index contributed by atoms with van der Waals surface area (Å²) in [7, 11) is 1.69. The van der Waals surface area contributed by atoms with Crippen LogP contribution in [0.25, 0.3) is 54.6 Å². The van der Waals surface area contributed by atoms with Gasteiger partial charge in [0.15, 0.2) is 0 Å². The van der Waals surface area contributed by atoms with Gasteiger partial charge in [-0.2, -0.15) is 0 Å². The fourth-order valence-electron chi connectivity index (χ4n) is 5.27. The fourth-order valence-corrected chi connectivity index (χ4v) is 5.27. The second kappa shape index (κ2) is 8.38. The van der Waals surface area contributed by atoms with Crippen molar-refractivity contribution in [2.75, 3.05) is 7.11 Å². The van der Waals surface area contributed by atoms with Crippen molar-refractivity contribution >= 4 is 43.4 Å². The highest BCUT2D eigenvalue weighted by Gasteiger charge is 2.16. The van der Waals surface area contributed by atoms with Crippen molar-refractivity contribution in [1.82, 2.24) is 25.0 Å². The second-order valence-electron chi connectivity index (χ2n) is 9.23. The Kier molecular flexibility index (Phi) is 4.86. The lowest BCUT2D eigenvalue weighted by Gasteiger charge is -2.15. The number of ether oxygens (including phenoxy) is 1. The van der Waals surface area contributed by atoms with Gasteiger partial charge in [-0.05, 0) is 42.6 Å². The Balaban J connectivity index is 1.50. The number of rotatable bonds is 4. The molecule has 0 bridgehead atoms. The van der Waals surface area contributed by atoms with Gasteiger partial charge in [-0.25, -0.2) is 4.68 Å². The molecular formula is C31H23N5O. The van der Waals surface area contributed by atoms with E-state index in [1.807, 2.05) is 53.3 Å². The van der Waals surface area contributed by atoms with E-state index in [4.69, 9.17) is 14.7 Å². The molecule has 7 aromatic rings. The molecule has 4 aromatic carbocycles. The summed E-state index contributed by atoms with van der Waals surface area (Å²) in [5.41, 5.74) is 5.73. The molecule has 0 radical (unpaired) electrons. The van der Waals surface area contributed by atoms with E-state index in [2.05, 4.69) is 59.7 Å². The summed E-state index contributed by atoms with van der Waals surface area (Å²) in [5, 5.41) is 15.6. The molecule has 0 aliphatic rings. The first-order chi connectivity index (χ1) is 18.2. The molecule has 3 heterocycles. The van der Waals surface area contributed by atoms with E-state index < -0.39 is 0 Å². The SMILES string of the molecule is COc1ccc2c(c1)c(Cn1cc(-c3ccccc3)nn1)nc1ccc3c(C)nc4ccccc4c3c12. The predicted octanol–water partition coefficient (Wildman–Crippen LogP) is 6.71. The molecule has 0 amide bonds. The number of hydrogen-bond acceptors (Lipinski definition) is 5. The molecule has 37 heavy (non-hydrogen) atoms. The first kappa shape index (κ1) is 21.4. The van der Waals surface area contributed by atoms with Gasteiger partial charge in [0.05, 0.1) is 36.6 Å². The lowest BCUT2D eigenvalue weighted by molar-refractivity contribution is 0.415. The molecule has 7 rings (SSSR count). The van der Waals surface area contributed by atoms with Crippen LogP contribution in [0.4, 0.5) is 0 Å². The summed E-state index contributed by atoms with van der Waals surface area (Å²) in [4.78, 5) is 10.0. The van der Waals surface area contributed by atoms with Gasteiger partial charge in [0.2, 0.25) is 0 Å². The van der Waals surface area contributed by atoms with Gasteiger partial charge in [0, 0.05) is 38.2 Å². The van der Waals surface area contributed by atoms with Gasteiger partial charge in [-0.1, -0.05) is 59.8 Å². The van der Waals surface area contributed by atoms with Crippen LogP contribution in [0.15, 0.2) is 91.1 Å². The second-order valence-corrected chi connectivity index (χ2v) is 9.23. The Bertz CT molecular complexity index is 1960. The molecule has 0 atom stereocenters. The molecule has 0 spiro atoms. The highest BCUT2D eigenvalue weighted by molar-refractivity contribution is 6.26.